The minimum atomic E-state index is -1.08. The van der Waals surface area contributed by atoms with Gasteiger partial charge in [-0.05, 0) is 42.8 Å². The maximum atomic E-state index is 13.2. The molecule has 27 heavy (non-hydrogen) atoms. The SMILES string of the molecule is CCN(Cc1ccccc1)c1ccc(NC(=O)c2ccc(F)c(F)c2)nn1. The Morgan fingerprint density at radius 2 is 1.78 bits per heavy atom. The molecule has 7 heteroatoms. The molecule has 138 valence electrons. The first kappa shape index (κ1) is 18.4. The lowest BCUT2D eigenvalue weighted by Gasteiger charge is -2.21. The summed E-state index contributed by atoms with van der Waals surface area (Å²) in [5.74, 6) is -1.78. The summed E-state index contributed by atoms with van der Waals surface area (Å²) in [6, 6.07) is 16.3. The number of rotatable bonds is 6. The summed E-state index contributed by atoms with van der Waals surface area (Å²) < 4.78 is 26.2. The smallest absolute Gasteiger partial charge is 0.256 e. The van der Waals surface area contributed by atoms with Crippen LogP contribution in [0.25, 0.3) is 0 Å². The van der Waals surface area contributed by atoms with Gasteiger partial charge in [-0.3, -0.25) is 4.79 Å². The molecular weight excluding hydrogens is 350 g/mol. The Morgan fingerprint density at radius 3 is 2.41 bits per heavy atom. The van der Waals surface area contributed by atoms with Crippen LogP contribution in [0.4, 0.5) is 20.4 Å². The van der Waals surface area contributed by atoms with Crippen LogP contribution in [0.3, 0.4) is 0 Å². The number of hydrogen-bond acceptors (Lipinski definition) is 4. The monoisotopic (exact) mass is 368 g/mol. The number of halogens is 2. The van der Waals surface area contributed by atoms with Crippen molar-refractivity contribution < 1.29 is 13.6 Å². The molecule has 0 atom stereocenters. The Morgan fingerprint density at radius 1 is 1.00 bits per heavy atom. The average molecular weight is 368 g/mol. The van der Waals surface area contributed by atoms with Crippen molar-refractivity contribution in [2.45, 2.75) is 13.5 Å². The summed E-state index contributed by atoms with van der Waals surface area (Å²) in [7, 11) is 0. The van der Waals surface area contributed by atoms with Crippen molar-refractivity contribution in [1.82, 2.24) is 10.2 Å². The Labute approximate surface area is 155 Å². The van der Waals surface area contributed by atoms with Gasteiger partial charge in [0.05, 0.1) is 0 Å². The minimum Gasteiger partial charge on any atom is -0.351 e. The highest BCUT2D eigenvalue weighted by atomic mass is 19.2. The van der Waals surface area contributed by atoms with Crippen molar-refractivity contribution in [3.05, 3.63) is 83.4 Å². The van der Waals surface area contributed by atoms with Gasteiger partial charge in [0.25, 0.3) is 5.91 Å². The van der Waals surface area contributed by atoms with E-state index in [0.29, 0.717) is 12.4 Å². The molecule has 0 spiro atoms. The van der Waals surface area contributed by atoms with Gasteiger partial charge >= 0.3 is 0 Å². The second-order valence-electron chi connectivity index (χ2n) is 5.86. The van der Waals surface area contributed by atoms with E-state index in [1.54, 1.807) is 12.1 Å². The van der Waals surface area contributed by atoms with Gasteiger partial charge in [0.1, 0.15) is 0 Å². The number of anilines is 2. The molecule has 2 aromatic carbocycles. The Balaban J connectivity index is 1.68. The fourth-order valence-corrected chi connectivity index (χ4v) is 2.55. The zero-order chi connectivity index (χ0) is 19.2. The molecule has 0 fully saturated rings. The number of carbonyl (C=O) groups excluding carboxylic acids is 1. The van der Waals surface area contributed by atoms with Gasteiger partial charge in [-0.15, -0.1) is 10.2 Å². The molecule has 0 unspecified atom stereocenters. The predicted octanol–water partition coefficient (Wildman–Crippen LogP) is 4.03. The third kappa shape index (κ3) is 4.63. The van der Waals surface area contributed by atoms with E-state index in [9.17, 15) is 13.6 Å². The molecule has 3 rings (SSSR count). The van der Waals surface area contributed by atoms with Gasteiger partial charge in [-0.2, -0.15) is 0 Å². The van der Waals surface area contributed by atoms with Crippen LogP contribution in [0, 0.1) is 11.6 Å². The Hall–Kier alpha value is -3.35. The first-order valence-electron chi connectivity index (χ1n) is 8.46. The third-order valence-corrected chi connectivity index (χ3v) is 4.00. The zero-order valence-corrected chi connectivity index (χ0v) is 14.7. The lowest BCUT2D eigenvalue weighted by atomic mass is 10.2. The number of nitrogens with one attached hydrogen (secondary N) is 1. The van der Waals surface area contributed by atoms with Crippen LogP contribution in [-0.2, 0) is 6.54 Å². The molecule has 1 amide bonds. The zero-order valence-electron chi connectivity index (χ0n) is 14.7. The van der Waals surface area contributed by atoms with Crippen LogP contribution in [0.2, 0.25) is 0 Å². The summed E-state index contributed by atoms with van der Waals surface area (Å²) >= 11 is 0. The highest BCUT2D eigenvalue weighted by Gasteiger charge is 2.12. The number of benzene rings is 2. The molecule has 0 aliphatic rings. The van der Waals surface area contributed by atoms with Crippen LogP contribution in [0.5, 0.6) is 0 Å². The molecule has 1 N–H and O–H groups in total. The van der Waals surface area contributed by atoms with Gasteiger partial charge < -0.3 is 10.2 Å². The molecule has 1 aromatic heterocycles. The normalized spacial score (nSPS) is 10.5. The minimum absolute atomic E-state index is 0.000890. The molecule has 0 aliphatic heterocycles. The van der Waals surface area contributed by atoms with E-state index in [4.69, 9.17) is 0 Å². The van der Waals surface area contributed by atoms with Crippen LogP contribution in [-0.4, -0.2) is 22.6 Å². The van der Waals surface area contributed by atoms with E-state index in [1.807, 2.05) is 42.2 Å². The predicted molar refractivity (Wildman–Crippen MR) is 99.5 cm³/mol. The van der Waals surface area contributed by atoms with Gasteiger partial charge in [0.15, 0.2) is 23.3 Å². The maximum absolute atomic E-state index is 13.2. The van der Waals surface area contributed by atoms with Crippen LogP contribution < -0.4 is 10.2 Å². The fraction of sp³-hybridized carbons (Fsp3) is 0.150. The Kier molecular flexibility index (Phi) is 5.71. The standard InChI is InChI=1S/C20H18F2N4O/c1-2-26(13-14-6-4-3-5-7-14)19-11-10-18(24-25-19)23-20(27)15-8-9-16(21)17(22)12-15/h3-12H,2,13H2,1H3,(H,23,24,27). The maximum Gasteiger partial charge on any atom is 0.256 e. The molecular formula is C20H18F2N4O. The number of hydrogen-bond donors (Lipinski definition) is 1. The quantitative estimate of drug-likeness (QED) is 0.714. The third-order valence-electron chi connectivity index (χ3n) is 4.00. The van der Waals surface area contributed by atoms with E-state index in [0.717, 1.165) is 24.2 Å². The van der Waals surface area contributed by atoms with Crippen LogP contribution in [0.1, 0.15) is 22.8 Å². The summed E-state index contributed by atoms with van der Waals surface area (Å²) in [4.78, 5) is 14.2. The Bertz CT molecular complexity index is 917. The molecule has 0 saturated carbocycles. The lowest BCUT2D eigenvalue weighted by Crippen LogP contribution is -2.23. The molecule has 0 aliphatic carbocycles. The highest BCUT2D eigenvalue weighted by molar-refractivity contribution is 6.03. The topological polar surface area (TPSA) is 58.1 Å². The molecule has 0 bridgehead atoms. The van der Waals surface area contributed by atoms with E-state index in [2.05, 4.69) is 15.5 Å². The van der Waals surface area contributed by atoms with Gasteiger partial charge in [0.2, 0.25) is 0 Å². The highest BCUT2D eigenvalue weighted by Crippen LogP contribution is 2.16. The van der Waals surface area contributed by atoms with E-state index < -0.39 is 17.5 Å². The van der Waals surface area contributed by atoms with Crippen molar-refractivity contribution in [2.75, 3.05) is 16.8 Å². The van der Waals surface area contributed by atoms with Gasteiger partial charge in [-0.1, -0.05) is 30.3 Å². The molecule has 3 aromatic rings. The van der Waals surface area contributed by atoms with Crippen molar-refractivity contribution in [2.24, 2.45) is 0 Å². The van der Waals surface area contributed by atoms with Crippen LogP contribution in [0.15, 0.2) is 60.7 Å². The summed E-state index contributed by atoms with van der Waals surface area (Å²) in [6.07, 6.45) is 0. The van der Waals surface area contributed by atoms with Gasteiger partial charge in [0, 0.05) is 18.7 Å². The molecule has 0 saturated heterocycles. The largest absolute Gasteiger partial charge is 0.351 e. The van der Waals surface area contributed by atoms with Crippen molar-refractivity contribution >= 4 is 17.5 Å². The van der Waals surface area contributed by atoms with Crippen LogP contribution >= 0.6 is 0 Å². The van der Waals surface area contributed by atoms with E-state index in [1.165, 1.54) is 6.07 Å². The molecule has 1 heterocycles. The second-order valence-corrected chi connectivity index (χ2v) is 5.86. The summed E-state index contributed by atoms with van der Waals surface area (Å²) in [5, 5.41) is 10.7. The first-order valence-corrected chi connectivity index (χ1v) is 8.46. The fourth-order valence-electron chi connectivity index (χ4n) is 2.55. The number of nitrogens with zero attached hydrogens (tertiary/aromatic N) is 3. The van der Waals surface area contributed by atoms with Gasteiger partial charge in [-0.25, -0.2) is 8.78 Å². The summed E-state index contributed by atoms with van der Waals surface area (Å²) in [6.45, 7) is 3.44. The lowest BCUT2D eigenvalue weighted by molar-refractivity contribution is 0.102. The number of carbonyl (C=O) groups is 1. The summed E-state index contributed by atoms with van der Waals surface area (Å²) in [5.41, 5.74) is 1.15. The van der Waals surface area contributed by atoms with Crippen molar-refractivity contribution in [3.8, 4) is 0 Å². The van der Waals surface area contributed by atoms with E-state index >= 15 is 0 Å². The van der Waals surface area contributed by atoms with E-state index in [-0.39, 0.29) is 11.4 Å². The molecule has 5 nitrogen and oxygen atoms in total. The number of aromatic nitrogens is 2. The molecule has 0 radical (unpaired) electrons. The average Bonchev–Trinajstić information content (AvgIpc) is 2.69. The second kappa shape index (κ2) is 8.35. The van der Waals surface area contributed by atoms with Crippen molar-refractivity contribution in [1.29, 1.82) is 0 Å². The number of amides is 1. The first-order chi connectivity index (χ1) is 13.1. The van der Waals surface area contributed by atoms with Crippen molar-refractivity contribution in [3.63, 3.8) is 0 Å².